The van der Waals surface area contributed by atoms with Crippen LogP contribution in [-0.2, 0) is 39.9 Å². The fourth-order valence-corrected chi connectivity index (χ4v) is 7.33. The van der Waals surface area contributed by atoms with Gasteiger partial charge in [0.2, 0.25) is 17.7 Å². The van der Waals surface area contributed by atoms with Crippen molar-refractivity contribution >= 4 is 68.1 Å². The lowest BCUT2D eigenvalue weighted by Gasteiger charge is -2.30. The molecule has 0 unspecified atom stereocenters. The number of benzene rings is 1. The number of carbonyl (C=O) groups excluding carboxylic acids is 5. The van der Waals surface area contributed by atoms with Crippen molar-refractivity contribution < 1.29 is 38.6 Å². The van der Waals surface area contributed by atoms with E-state index >= 15 is 0 Å². The van der Waals surface area contributed by atoms with Gasteiger partial charge in [-0.25, -0.2) is 4.79 Å². The van der Waals surface area contributed by atoms with Crippen LogP contribution in [-0.4, -0.2) is 97.9 Å². The molecule has 0 spiro atoms. The van der Waals surface area contributed by atoms with E-state index in [1.165, 1.54) is 36.5 Å². The number of likely N-dealkylation sites (tertiary alicyclic amines) is 1. The smallest absolute Gasteiger partial charge is 0.329 e. The highest BCUT2D eigenvalue weighted by Crippen LogP contribution is 2.35. The minimum Gasteiger partial charge on any atom is -0.480 e. The molecule has 15 heteroatoms. The van der Waals surface area contributed by atoms with Crippen LogP contribution < -0.4 is 16.0 Å². The van der Waals surface area contributed by atoms with Crippen LogP contribution in [0, 0.1) is 0 Å². The molecule has 0 bridgehead atoms. The molecule has 3 rings (SSSR count). The Morgan fingerprint density at radius 3 is 2.39 bits per heavy atom. The summed E-state index contributed by atoms with van der Waals surface area (Å²) in [5.41, 5.74) is 1.71. The summed E-state index contributed by atoms with van der Waals surface area (Å²) in [5.74, 6) is -4.06. The molecular weight excluding hydrogens is 635 g/mol. The number of para-hydroxylation sites is 1. The number of carbonyl (C=O) groups is 6. The highest BCUT2D eigenvalue weighted by atomic mass is 33.1. The number of amides is 4. The summed E-state index contributed by atoms with van der Waals surface area (Å²) in [6, 6.07) is 3.43. The highest BCUT2D eigenvalue weighted by Gasteiger charge is 2.40. The van der Waals surface area contributed by atoms with E-state index in [0.717, 1.165) is 16.5 Å². The predicted octanol–water partition coefficient (Wildman–Crippen LogP) is 2.39. The molecule has 4 amide bonds. The van der Waals surface area contributed by atoms with Crippen molar-refractivity contribution in [2.75, 3.05) is 12.3 Å². The maximum atomic E-state index is 14.0. The van der Waals surface area contributed by atoms with Gasteiger partial charge in [0, 0.05) is 47.5 Å². The third kappa shape index (κ3) is 10.4. The molecule has 2 aromatic rings. The minimum atomic E-state index is -1.29. The van der Waals surface area contributed by atoms with Gasteiger partial charge in [-0.2, -0.15) is 0 Å². The van der Waals surface area contributed by atoms with Crippen molar-refractivity contribution in [3.05, 3.63) is 36.0 Å². The molecule has 1 aliphatic heterocycles. The molecule has 1 saturated heterocycles. The Bertz CT molecular complexity index is 1440. The first kappa shape index (κ1) is 36.7. The molecule has 0 aliphatic carbocycles. The van der Waals surface area contributed by atoms with Crippen molar-refractivity contribution in [1.29, 1.82) is 0 Å². The Balaban J connectivity index is 1.78. The van der Waals surface area contributed by atoms with E-state index in [-0.39, 0.29) is 23.5 Å². The number of hydrogen-bond acceptors (Lipinski definition) is 9. The van der Waals surface area contributed by atoms with Gasteiger partial charge in [-0.15, -0.1) is 0 Å². The van der Waals surface area contributed by atoms with Crippen LogP contribution in [0.5, 0.6) is 0 Å². The number of nitrogens with one attached hydrogen (secondary N) is 4. The van der Waals surface area contributed by atoms with E-state index in [0.29, 0.717) is 12.8 Å². The first-order valence-corrected chi connectivity index (χ1v) is 17.4. The topological polar surface area (TPSA) is 187 Å². The van der Waals surface area contributed by atoms with Gasteiger partial charge in [0.25, 0.3) is 5.91 Å². The molecule has 0 radical (unpaired) electrons. The fraction of sp³-hybridized carbons (Fsp3) is 0.548. The number of hydrogen-bond donors (Lipinski definition) is 5. The Kier molecular flexibility index (Phi) is 12.9. The van der Waals surface area contributed by atoms with Gasteiger partial charge in [-0.1, -0.05) is 60.6 Å². The number of carboxylic acid groups (broad SMARTS) is 1. The third-order valence-corrected chi connectivity index (χ3v) is 10.5. The van der Waals surface area contributed by atoms with Crippen LogP contribution in [0.25, 0.3) is 10.9 Å². The van der Waals surface area contributed by atoms with Crippen LogP contribution in [0.1, 0.15) is 59.9 Å². The first-order valence-electron chi connectivity index (χ1n) is 15.0. The van der Waals surface area contributed by atoms with Gasteiger partial charge in [0.1, 0.15) is 24.2 Å². The van der Waals surface area contributed by atoms with Crippen molar-refractivity contribution in [2.24, 2.45) is 0 Å². The summed E-state index contributed by atoms with van der Waals surface area (Å²) in [4.78, 5) is 80.9. The van der Waals surface area contributed by atoms with Crippen molar-refractivity contribution in [3.8, 4) is 0 Å². The van der Waals surface area contributed by atoms with E-state index in [4.69, 9.17) is 9.84 Å². The molecule has 2 heterocycles. The number of aromatic amines is 1. The molecular formula is C31H43N5O8S2. The van der Waals surface area contributed by atoms with Gasteiger partial charge in [-0.3, -0.25) is 24.0 Å². The van der Waals surface area contributed by atoms with Crippen LogP contribution in [0.2, 0.25) is 0 Å². The average molecular weight is 678 g/mol. The molecule has 1 fully saturated rings. The standard InChI is InChI=1S/C31H43N5O8S2/c1-17(29(41)42)33-26(38)18(2)44-30(43)25-12-9-13-36(25)28(40)24(16-45-46-31(4,5)6)35-27(39)23(34-19(3)37)14-20-15-32-22-11-8-7-10-21(20)22/h7-8,10-11,15,17-18,23-25,32H,9,12-14,16H2,1-6H3,(H,33,38)(H,34,37)(H,35,39)(H,41,42)/t17-,18-,23-,24+,25-/m0/s1. The van der Waals surface area contributed by atoms with E-state index in [2.05, 4.69) is 20.9 Å². The Morgan fingerprint density at radius 1 is 1.04 bits per heavy atom. The number of fused-ring (bicyclic) bond motifs is 1. The van der Waals surface area contributed by atoms with Gasteiger partial charge in [0.05, 0.1) is 0 Å². The lowest BCUT2D eigenvalue weighted by Crippen LogP contribution is -2.57. The summed E-state index contributed by atoms with van der Waals surface area (Å²) in [6.45, 7) is 10.2. The Labute approximate surface area is 276 Å². The molecule has 5 N–H and O–H groups in total. The number of aliphatic carboxylic acids is 1. The second-order valence-electron chi connectivity index (χ2n) is 12.2. The monoisotopic (exact) mass is 677 g/mol. The average Bonchev–Trinajstić information content (AvgIpc) is 3.62. The predicted molar refractivity (Wildman–Crippen MR) is 177 cm³/mol. The van der Waals surface area contributed by atoms with Crippen molar-refractivity contribution in [1.82, 2.24) is 25.8 Å². The zero-order valence-corrected chi connectivity index (χ0v) is 28.5. The summed E-state index contributed by atoms with van der Waals surface area (Å²) < 4.78 is 5.20. The number of carboxylic acids is 1. The molecule has 252 valence electrons. The quantitative estimate of drug-likeness (QED) is 0.147. The van der Waals surface area contributed by atoms with Gasteiger partial charge >= 0.3 is 11.9 Å². The van der Waals surface area contributed by atoms with Crippen LogP contribution in [0.15, 0.2) is 30.5 Å². The van der Waals surface area contributed by atoms with Crippen LogP contribution in [0.4, 0.5) is 0 Å². The lowest BCUT2D eigenvalue weighted by molar-refractivity contribution is -0.162. The number of esters is 1. The molecule has 1 aromatic carbocycles. The molecule has 1 aliphatic rings. The first-order chi connectivity index (χ1) is 21.6. The lowest BCUT2D eigenvalue weighted by atomic mass is 10.0. The van der Waals surface area contributed by atoms with E-state index in [1.54, 1.807) is 17.0 Å². The summed E-state index contributed by atoms with van der Waals surface area (Å²) in [5, 5.41) is 17.7. The van der Waals surface area contributed by atoms with Crippen molar-refractivity contribution in [3.63, 3.8) is 0 Å². The normalized spacial score (nSPS) is 17.4. The van der Waals surface area contributed by atoms with Gasteiger partial charge in [0.15, 0.2) is 6.10 Å². The third-order valence-electron chi connectivity index (χ3n) is 7.15. The number of ether oxygens (including phenoxy) is 1. The summed E-state index contributed by atoms with van der Waals surface area (Å²) in [7, 11) is 2.95. The number of rotatable bonds is 14. The van der Waals surface area contributed by atoms with E-state index in [9.17, 15) is 28.8 Å². The maximum absolute atomic E-state index is 14.0. The molecule has 46 heavy (non-hydrogen) atoms. The Hall–Kier alpha value is -3.72. The zero-order valence-electron chi connectivity index (χ0n) is 26.9. The number of aromatic nitrogens is 1. The SMILES string of the molecule is CC(=O)N[C@@H](Cc1c[nH]c2ccccc12)C(=O)N[C@H](CSSC(C)(C)C)C(=O)N1CCC[C@H]1C(=O)O[C@@H](C)C(=O)N[C@@H](C)C(=O)O. The molecule has 0 saturated carbocycles. The minimum absolute atomic E-state index is 0.134. The van der Waals surface area contributed by atoms with Crippen LogP contribution >= 0.6 is 21.6 Å². The second-order valence-corrected chi connectivity index (χ2v) is 15.4. The van der Waals surface area contributed by atoms with E-state index < -0.39 is 65.8 Å². The van der Waals surface area contributed by atoms with Crippen molar-refractivity contribution in [2.45, 2.75) is 95.8 Å². The summed E-state index contributed by atoms with van der Waals surface area (Å²) in [6.07, 6.45) is 1.48. The fourth-order valence-electron chi connectivity index (χ4n) is 4.88. The zero-order chi connectivity index (χ0) is 34.2. The summed E-state index contributed by atoms with van der Waals surface area (Å²) >= 11 is 0. The molecule has 13 nitrogen and oxygen atoms in total. The highest BCUT2D eigenvalue weighted by molar-refractivity contribution is 8.77. The Morgan fingerprint density at radius 2 is 1.74 bits per heavy atom. The number of H-pyrrole nitrogens is 1. The van der Waals surface area contributed by atoms with E-state index in [1.807, 2.05) is 45.0 Å². The largest absolute Gasteiger partial charge is 0.480 e. The van der Waals surface area contributed by atoms with Crippen LogP contribution in [0.3, 0.4) is 0 Å². The van der Waals surface area contributed by atoms with Gasteiger partial charge in [-0.05, 0) is 38.3 Å². The maximum Gasteiger partial charge on any atom is 0.329 e. The number of nitrogens with zero attached hydrogens (tertiary/aromatic N) is 1. The van der Waals surface area contributed by atoms with Gasteiger partial charge < -0.3 is 35.7 Å². The second kappa shape index (κ2) is 16.2. The molecule has 1 aromatic heterocycles. The molecule has 5 atom stereocenters.